The molecule has 27 heavy (non-hydrogen) atoms. The van der Waals surface area contributed by atoms with Crippen molar-refractivity contribution in [2.75, 3.05) is 16.4 Å². The van der Waals surface area contributed by atoms with Crippen molar-refractivity contribution in [3.05, 3.63) is 68.7 Å². The number of nitrogens with two attached hydrogens (primary N) is 1. The minimum absolute atomic E-state index is 0.0268. The van der Waals surface area contributed by atoms with Crippen LogP contribution in [0, 0.1) is 24.0 Å². The van der Waals surface area contributed by atoms with Crippen molar-refractivity contribution >= 4 is 46.2 Å². The molecule has 0 saturated heterocycles. The average Bonchev–Trinajstić information content (AvgIpc) is 2.57. The fraction of sp³-hybridized carbons (Fsp3) is 0.111. The van der Waals surface area contributed by atoms with Gasteiger partial charge in [-0.05, 0) is 55.3 Å². The lowest BCUT2D eigenvalue weighted by molar-refractivity contribution is -0.383. The Morgan fingerprint density at radius 3 is 2.44 bits per heavy atom. The number of halogens is 1. The normalized spacial score (nSPS) is 10.5. The molecule has 9 heteroatoms. The second-order valence-electron chi connectivity index (χ2n) is 5.95. The van der Waals surface area contributed by atoms with E-state index in [0.717, 1.165) is 16.8 Å². The molecule has 4 N–H and O–H groups in total. The summed E-state index contributed by atoms with van der Waals surface area (Å²) in [6, 6.07) is 12.5. The van der Waals surface area contributed by atoms with E-state index in [9.17, 15) is 10.1 Å². The molecule has 0 spiro atoms. The van der Waals surface area contributed by atoms with Crippen molar-refractivity contribution in [2.45, 2.75) is 13.8 Å². The molecule has 138 valence electrons. The van der Waals surface area contributed by atoms with Gasteiger partial charge in [-0.3, -0.25) is 10.1 Å². The number of nitrogen functional groups attached to an aromatic ring is 1. The molecule has 3 aromatic rings. The third kappa shape index (κ3) is 4.24. The summed E-state index contributed by atoms with van der Waals surface area (Å²) >= 11 is 5.97. The highest BCUT2D eigenvalue weighted by molar-refractivity contribution is 6.30. The predicted octanol–water partition coefficient (Wildman–Crippen LogP) is 4.72. The first-order chi connectivity index (χ1) is 12.8. The Morgan fingerprint density at radius 1 is 1.04 bits per heavy atom. The smallest absolute Gasteiger partial charge is 0.353 e. The second kappa shape index (κ2) is 7.46. The Morgan fingerprint density at radius 2 is 1.78 bits per heavy atom. The number of rotatable bonds is 5. The molecule has 0 atom stereocenters. The molecule has 0 aliphatic heterocycles. The van der Waals surface area contributed by atoms with E-state index in [2.05, 4.69) is 20.6 Å². The van der Waals surface area contributed by atoms with Crippen molar-refractivity contribution in [3.63, 3.8) is 0 Å². The number of aromatic nitrogens is 2. The van der Waals surface area contributed by atoms with Crippen LogP contribution >= 0.6 is 11.6 Å². The topological polar surface area (TPSA) is 119 Å². The van der Waals surface area contributed by atoms with Crippen LogP contribution < -0.4 is 16.4 Å². The number of hydrogen-bond acceptors (Lipinski definition) is 7. The lowest BCUT2D eigenvalue weighted by Crippen LogP contribution is -2.08. The average molecular weight is 385 g/mol. The molecular weight excluding hydrogens is 368 g/mol. The van der Waals surface area contributed by atoms with Crippen molar-refractivity contribution < 1.29 is 4.92 Å². The third-order valence-corrected chi connectivity index (χ3v) is 4.18. The first-order valence-corrected chi connectivity index (χ1v) is 8.40. The molecule has 0 unspecified atom stereocenters. The van der Waals surface area contributed by atoms with Crippen molar-refractivity contribution in [2.24, 2.45) is 0 Å². The number of hydrogen-bond donors (Lipinski definition) is 3. The van der Waals surface area contributed by atoms with Gasteiger partial charge in [-0.15, -0.1) is 0 Å². The van der Waals surface area contributed by atoms with Crippen LogP contribution in [0.4, 0.5) is 34.6 Å². The van der Waals surface area contributed by atoms with E-state index in [1.165, 1.54) is 0 Å². The molecule has 0 aliphatic carbocycles. The zero-order valence-electron chi connectivity index (χ0n) is 14.7. The Labute approximate surface area is 160 Å². The lowest BCUT2D eigenvalue weighted by atomic mass is 10.1. The van der Waals surface area contributed by atoms with Crippen LogP contribution in [0.15, 0.2) is 42.5 Å². The maximum Gasteiger partial charge on any atom is 0.353 e. The fourth-order valence-corrected chi connectivity index (χ4v) is 2.64. The first-order valence-electron chi connectivity index (χ1n) is 8.02. The van der Waals surface area contributed by atoms with Crippen molar-refractivity contribution in [1.29, 1.82) is 0 Å². The van der Waals surface area contributed by atoms with Crippen LogP contribution in [-0.4, -0.2) is 14.9 Å². The third-order valence-electron chi connectivity index (χ3n) is 3.94. The van der Waals surface area contributed by atoms with E-state index in [0.29, 0.717) is 10.7 Å². The van der Waals surface area contributed by atoms with Gasteiger partial charge in [0, 0.05) is 16.4 Å². The van der Waals surface area contributed by atoms with E-state index in [4.69, 9.17) is 17.3 Å². The number of nitrogens with zero attached hydrogens (tertiary/aromatic N) is 3. The molecule has 0 aliphatic rings. The molecule has 0 bridgehead atoms. The molecule has 3 rings (SSSR count). The predicted molar refractivity (Wildman–Crippen MR) is 107 cm³/mol. The number of aryl methyl sites for hydroxylation is 2. The molecule has 0 saturated carbocycles. The van der Waals surface area contributed by atoms with Gasteiger partial charge in [-0.1, -0.05) is 23.7 Å². The summed E-state index contributed by atoms with van der Waals surface area (Å²) in [6.07, 6.45) is 0. The summed E-state index contributed by atoms with van der Waals surface area (Å²) in [5.74, 6) is -0.127. The van der Waals surface area contributed by atoms with Crippen LogP contribution in [0.3, 0.4) is 0 Å². The van der Waals surface area contributed by atoms with E-state index >= 15 is 0 Å². The van der Waals surface area contributed by atoms with Crippen molar-refractivity contribution in [1.82, 2.24) is 9.97 Å². The molecular formula is C18H17ClN6O2. The van der Waals surface area contributed by atoms with Crippen LogP contribution in [0.2, 0.25) is 5.02 Å². The highest BCUT2D eigenvalue weighted by atomic mass is 35.5. The van der Waals surface area contributed by atoms with Crippen LogP contribution in [0.25, 0.3) is 0 Å². The number of anilines is 5. The molecule has 2 aromatic carbocycles. The van der Waals surface area contributed by atoms with Gasteiger partial charge >= 0.3 is 5.69 Å². The van der Waals surface area contributed by atoms with E-state index < -0.39 is 10.6 Å². The summed E-state index contributed by atoms with van der Waals surface area (Å²) in [5.41, 5.74) is 8.94. The monoisotopic (exact) mass is 384 g/mol. The Bertz CT molecular complexity index is 1020. The SMILES string of the molecule is Cc1ccc(Nc2nc(N)c([N+](=O)[O-])c(Nc3cccc(Cl)c3)n2)cc1C. The summed E-state index contributed by atoms with van der Waals surface area (Å²) in [6.45, 7) is 3.99. The van der Waals surface area contributed by atoms with E-state index in [-0.39, 0.29) is 17.6 Å². The van der Waals surface area contributed by atoms with E-state index in [1.54, 1.807) is 24.3 Å². The molecule has 1 heterocycles. The van der Waals surface area contributed by atoms with Gasteiger partial charge < -0.3 is 16.4 Å². The molecule has 0 amide bonds. The second-order valence-corrected chi connectivity index (χ2v) is 6.38. The van der Waals surface area contributed by atoms with Gasteiger partial charge in [0.2, 0.25) is 17.6 Å². The summed E-state index contributed by atoms with van der Waals surface area (Å²) < 4.78 is 0. The minimum Gasteiger partial charge on any atom is -0.378 e. The highest BCUT2D eigenvalue weighted by Crippen LogP contribution is 2.32. The Balaban J connectivity index is 1.99. The van der Waals surface area contributed by atoms with Crippen molar-refractivity contribution in [3.8, 4) is 0 Å². The van der Waals surface area contributed by atoms with E-state index in [1.807, 2.05) is 32.0 Å². The van der Waals surface area contributed by atoms with Gasteiger partial charge in [-0.25, -0.2) is 0 Å². The summed E-state index contributed by atoms with van der Waals surface area (Å²) in [7, 11) is 0. The molecule has 1 aromatic heterocycles. The number of benzene rings is 2. The maximum atomic E-state index is 11.4. The standard InChI is InChI=1S/C18H17ClN6O2/c1-10-6-7-14(8-11(10)2)22-18-23-16(20)15(25(26)27)17(24-18)21-13-5-3-4-12(19)9-13/h3-9H,1-2H3,(H4,20,21,22,23,24). The van der Waals surface area contributed by atoms with Gasteiger partial charge in [0.25, 0.3) is 0 Å². The van der Waals surface area contributed by atoms with Crippen LogP contribution in [-0.2, 0) is 0 Å². The zero-order chi connectivity index (χ0) is 19.6. The van der Waals surface area contributed by atoms with Gasteiger partial charge in [0.1, 0.15) is 0 Å². The van der Waals surface area contributed by atoms with Gasteiger partial charge in [-0.2, -0.15) is 9.97 Å². The number of nitro groups is 1. The minimum atomic E-state index is -0.623. The van der Waals surface area contributed by atoms with Crippen LogP contribution in [0.5, 0.6) is 0 Å². The Kier molecular flexibility index (Phi) is 5.09. The van der Waals surface area contributed by atoms with Crippen LogP contribution in [0.1, 0.15) is 11.1 Å². The lowest BCUT2D eigenvalue weighted by Gasteiger charge is -2.11. The molecule has 8 nitrogen and oxygen atoms in total. The maximum absolute atomic E-state index is 11.4. The molecule has 0 radical (unpaired) electrons. The largest absolute Gasteiger partial charge is 0.378 e. The summed E-state index contributed by atoms with van der Waals surface area (Å²) in [4.78, 5) is 19.0. The van der Waals surface area contributed by atoms with Gasteiger partial charge in [0.05, 0.1) is 4.92 Å². The fourth-order valence-electron chi connectivity index (χ4n) is 2.45. The van der Waals surface area contributed by atoms with Gasteiger partial charge in [0.15, 0.2) is 0 Å². The molecule has 0 fully saturated rings. The highest BCUT2D eigenvalue weighted by Gasteiger charge is 2.23. The Hall–Kier alpha value is -3.39. The number of nitrogens with one attached hydrogen (secondary N) is 2. The summed E-state index contributed by atoms with van der Waals surface area (Å²) in [5, 5.41) is 17.8. The first kappa shape index (κ1) is 18.4. The quantitative estimate of drug-likeness (QED) is 0.430. The zero-order valence-corrected chi connectivity index (χ0v) is 15.4.